The number of hydrogen-bond donors (Lipinski definition) is 1. The third-order valence-electron chi connectivity index (χ3n) is 4.95. The van der Waals surface area contributed by atoms with Gasteiger partial charge >= 0.3 is 6.09 Å². The summed E-state index contributed by atoms with van der Waals surface area (Å²) in [6.45, 7) is 0.247. The zero-order chi connectivity index (χ0) is 17.6. The average Bonchev–Trinajstić information content (AvgIpc) is 3.47. The molecule has 136 valence electrons. The summed E-state index contributed by atoms with van der Waals surface area (Å²) in [6.07, 6.45) is 5.53. The van der Waals surface area contributed by atoms with Crippen molar-refractivity contribution in [3.63, 3.8) is 0 Å². The molecule has 0 aliphatic heterocycles. The van der Waals surface area contributed by atoms with Gasteiger partial charge in [-0.2, -0.15) is 0 Å². The van der Waals surface area contributed by atoms with E-state index in [1.54, 1.807) is 0 Å². The molecular formula is C19H25ClN2O3. The highest BCUT2D eigenvalue weighted by atomic mass is 35.5. The van der Waals surface area contributed by atoms with Crippen LogP contribution in [-0.4, -0.2) is 40.9 Å². The smallest absolute Gasteiger partial charge is 0.407 e. The van der Waals surface area contributed by atoms with Crippen LogP contribution in [0.2, 0.25) is 0 Å². The van der Waals surface area contributed by atoms with Crippen LogP contribution in [-0.2, 0) is 16.1 Å². The summed E-state index contributed by atoms with van der Waals surface area (Å²) in [6, 6.07) is 9.85. The molecule has 2 saturated carbocycles. The van der Waals surface area contributed by atoms with E-state index in [-0.39, 0.29) is 30.5 Å². The van der Waals surface area contributed by atoms with E-state index in [0.717, 1.165) is 44.1 Å². The fraction of sp³-hybridized carbons (Fsp3) is 0.579. The van der Waals surface area contributed by atoms with Gasteiger partial charge in [-0.3, -0.25) is 4.79 Å². The number of ether oxygens (including phenoxy) is 1. The van der Waals surface area contributed by atoms with Crippen LogP contribution >= 0.6 is 11.6 Å². The van der Waals surface area contributed by atoms with Gasteiger partial charge in [-0.15, -0.1) is 11.6 Å². The van der Waals surface area contributed by atoms with Crippen LogP contribution in [0, 0.1) is 0 Å². The van der Waals surface area contributed by atoms with E-state index in [0.29, 0.717) is 6.04 Å². The van der Waals surface area contributed by atoms with Crippen molar-refractivity contribution in [2.45, 2.75) is 63.3 Å². The molecule has 2 amide bonds. The van der Waals surface area contributed by atoms with Crippen LogP contribution in [0.5, 0.6) is 0 Å². The second kappa shape index (κ2) is 8.56. The zero-order valence-corrected chi connectivity index (χ0v) is 15.1. The highest BCUT2D eigenvalue weighted by Crippen LogP contribution is 2.34. The number of hydrogen-bond acceptors (Lipinski definition) is 3. The summed E-state index contributed by atoms with van der Waals surface area (Å²) < 4.78 is 5.34. The standard InChI is InChI=1S/C19H25ClN2O3/c20-12-18(23)22(15-10-11-15)17-9-5-4-8-16(17)21-19(24)25-13-14-6-2-1-3-7-14/h1-3,6-7,15-17H,4-5,8-13H2,(H,21,24)/t16-,17+/m0/s1. The Kier molecular flexibility index (Phi) is 6.19. The monoisotopic (exact) mass is 364 g/mol. The van der Waals surface area contributed by atoms with Gasteiger partial charge < -0.3 is 15.0 Å². The predicted octanol–water partition coefficient (Wildman–Crippen LogP) is 3.45. The molecule has 0 unspecified atom stereocenters. The number of halogens is 1. The second-order valence-electron chi connectivity index (χ2n) is 6.83. The minimum absolute atomic E-state index is 0.00181. The molecule has 0 saturated heterocycles. The van der Waals surface area contributed by atoms with Crippen LogP contribution in [0.15, 0.2) is 30.3 Å². The Bertz CT molecular complexity index is 592. The molecule has 1 N–H and O–H groups in total. The van der Waals surface area contributed by atoms with Crippen LogP contribution in [0.1, 0.15) is 44.1 Å². The minimum Gasteiger partial charge on any atom is -0.445 e. The van der Waals surface area contributed by atoms with E-state index in [4.69, 9.17) is 16.3 Å². The molecule has 0 bridgehead atoms. The van der Waals surface area contributed by atoms with Crippen molar-refractivity contribution in [2.75, 3.05) is 5.88 Å². The van der Waals surface area contributed by atoms with Gasteiger partial charge in [0.1, 0.15) is 12.5 Å². The maximum atomic E-state index is 12.3. The Hall–Kier alpha value is -1.75. The molecule has 6 heteroatoms. The molecule has 5 nitrogen and oxygen atoms in total. The van der Waals surface area contributed by atoms with Crippen LogP contribution < -0.4 is 5.32 Å². The Morgan fingerprint density at radius 2 is 1.84 bits per heavy atom. The Labute approximate surface area is 153 Å². The van der Waals surface area contributed by atoms with Crippen molar-refractivity contribution < 1.29 is 14.3 Å². The quantitative estimate of drug-likeness (QED) is 0.786. The third-order valence-corrected chi connectivity index (χ3v) is 5.17. The Morgan fingerprint density at radius 1 is 1.12 bits per heavy atom. The van der Waals surface area contributed by atoms with Crippen molar-refractivity contribution in [2.24, 2.45) is 0 Å². The molecular weight excluding hydrogens is 340 g/mol. The van der Waals surface area contributed by atoms with Crippen molar-refractivity contribution in [1.82, 2.24) is 10.2 Å². The van der Waals surface area contributed by atoms with Crippen molar-refractivity contribution >= 4 is 23.6 Å². The predicted molar refractivity (Wildman–Crippen MR) is 96.4 cm³/mol. The molecule has 0 heterocycles. The fourth-order valence-corrected chi connectivity index (χ4v) is 3.75. The number of benzene rings is 1. The first kappa shape index (κ1) is 18.1. The van der Waals surface area contributed by atoms with E-state index in [1.165, 1.54) is 0 Å². The average molecular weight is 365 g/mol. The van der Waals surface area contributed by atoms with Gasteiger partial charge in [-0.1, -0.05) is 43.2 Å². The van der Waals surface area contributed by atoms with Crippen molar-refractivity contribution in [1.29, 1.82) is 0 Å². The SMILES string of the molecule is O=C(N[C@H]1CCCC[C@H]1N(C(=O)CCl)C1CC1)OCc1ccccc1. The summed E-state index contributed by atoms with van der Waals surface area (Å²) in [7, 11) is 0. The number of nitrogens with zero attached hydrogens (tertiary/aromatic N) is 1. The molecule has 0 spiro atoms. The lowest BCUT2D eigenvalue weighted by molar-refractivity contribution is -0.132. The Morgan fingerprint density at radius 3 is 2.52 bits per heavy atom. The third kappa shape index (κ3) is 4.88. The molecule has 2 aliphatic carbocycles. The highest BCUT2D eigenvalue weighted by molar-refractivity contribution is 6.27. The molecule has 1 aromatic rings. The summed E-state index contributed by atoms with van der Waals surface area (Å²) in [5, 5.41) is 2.98. The van der Waals surface area contributed by atoms with Gasteiger partial charge in [-0.25, -0.2) is 4.79 Å². The van der Waals surface area contributed by atoms with Crippen LogP contribution in [0.3, 0.4) is 0 Å². The Balaban J connectivity index is 1.58. The number of rotatable bonds is 6. The van der Waals surface area contributed by atoms with E-state index >= 15 is 0 Å². The first-order chi connectivity index (χ1) is 12.2. The lowest BCUT2D eigenvalue weighted by atomic mass is 9.89. The topological polar surface area (TPSA) is 58.6 Å². The lowest BCUT2D eigenvalue weighted by Crippen LogP contribution is -2.56. The van der Waals surface area contributed by atoms with Crippen molar-refractivity contribution in [3.8, 4) is 0 Å². The molecule has 0 radical (unpaired) electrons. The number of amides is 2. The zero-order valence-electron chi connectivity index (χ0n) is 14.3. The summed E-state index contributed by atoms with van der Waals surface area (Å²) >= 11 is 5.81. The van der Waals surface area contributed by atoms with Gasteiger partial charge in [0.25, 0.3) is 0 Å². The minimum atomic E-state index is -0.421. The van der Waals surface area contributed by atoms with Gasteiger partial charge in [0.2, 0.25) is 5.91 Å². The molecule has 3 rings (SSSR count). The van der Waals surface area contributed by atoms with E-state index < -0.39 is 6.09 Å². The fourth-order valence-electron chi connectivity index (χ4n) is 3.61. The summed E-state index contributed by atoms with van der Waals surface area (Å²) in [5.41, 5.74) is 0.953. The largest absolute Gasteiger partial charge is 0.445 e. The summed E-state index contributed by atoms with van der Waals surface area (Å²) in [4.78, 5) is 26.4. The first-order valence-corrected chi connectivity index (χ1v) is 9.57. The highest BCUT2D eigenvalue weighted by Gasteiger charge is 2.41. The molecule has 2 fully saturated rings. The number of carbonyl (C=O) groups is 2. The molecule has 2 atom stereocenters. The van der Waals surface area contributed by atoms with E-state index in [2.05, 4.69) is 5.32 Å². The van der Waals surface area contributed by atoms with Crippen molar-refractivity contribution in [3.05, 3.63) is 35.9 Å². The molecule has 0 aromatic heterocycles. The van der Waals surface area contributed by atoms with E-state index in [9.17, 15) is 9.59 Å². The number of alkyl halides is 1. The number of nitrogens with one attached hydrogen (secondary N) is 1. The normalized spacial score (nSPS) is 22.9. The first-order valence-electron chi connectivity index (χ1n) is 9.03. The molecule has 25 heavy (non-hydrogen) atoms. The molecule has 1 aromatic carbocycles. The lowest BCUT2D eigenvalue weighted by Gasteiger charge is -2.40. The van der Waals surface area contributed by atoms with Gasteiger partial charge in [0.05, 0.1) is 12.1 Å². The van der Waals surface area contributed by atoms with E-state index in [1.807, 2.05) is 35.2 Å². The molecule has 2 aliphatic rings. The number of alkyl carbamates (subject to hydrolysis) is 1. The van der Waals surface area contributed by atoms with Gasteiger partial charge in [0.15, 0.2) is 0 Å². The maximum Gasteiger partial charge on any atom is 0.407 e. The van der Waals surface area contributed by atoms with Gasteiger partial charge in [0, 0.05) is 6.04 Å². The summed E-state index contributed by atoms with van der Waals surface area (Å²) in [5.74, 6) is -0.0291. The van der Waals surface area contributed by atoms with Crippen LogP contribution in [0.25, 0.3) is 0 Å². The number of carbonyl (C=O) groups excluding carboxylic acids is 2. The second-order valence-corrected chi connectivity index (χ2v) is 7.10. The maximum absolute atomic E-state index is 12.3. The van der Waals surface area contributed by atoms with Crippen LogP contribution in [0.4, 0.5) is 4.79 Å². The van der Waals surface area contributed by atoms with Gasteiger partial charge in [-0.05, 0) is 31.2 Å².